The molecule has 2 aromatic rings. The fourth-order valence-corrected chi connectivity index (χ4v) is 3.08. The first-order chi connectivity index (χ1) is 9.71. The van der Waals surface area contributed by atoms with Gasteiger partial charge >= 0.3 is 0 Å². The van der Waals surface area contributed by atoms with Crippen LogP contribution in [0.2, 0.25) is 0 Å². The predicted octanol–water partition coefficient (Wildman–Crippen LogP) is 0.964. The Bertz CT molecular complexity index is 749. The van der Waals surface area contributed by atoms with E-state index < -0.39 is 15.8 Å². The van der Waals surface area contributed by atoms with Crippen molar-refractivity contribution in [1.82, 2.24) is 19.5 Å². The van der Waals surface area contributed by atoms with Gasteiger partial charge in [-0.15, -0.1) is 0 Å². The van der Waals surface area contributed by atoms with Gasteiger partial charge in [-0.3, -0.25) is 5.10 Å². The Labute approximate surface area is 122 Å². The smallest absolute Gasteiger partial charge is 0.243 e. The van der Waals surface area contributed by atoms with E-state index in [0.29, 0.717) is 11.6 Å². The van der Waals surface area contributed by atoms with Gasteiger partial charge < -0.3 is 5.73 Å². The summed E-state index contributed by atoms with van der Waals surface area (Å²) in [5, 5.41) is 6.52. The van der Waals surface area contributed by atoms with Gasteiger partial charge in [0.05, 0.1) is 17.1 Å². The Morgan fingerprint density at radius 2 is 2.05 bits per heavy atom. The summed E-state index contributed by atoms with van der Waals surface area (Å²) >= 11 is 0. The summed E-state index contributed by atoms with van der Waals surface area (Å²) in [6.45, 7) is 3.18. The third kappa shape index (κ3) is 3.03. The molecule has 0 spiro atoms. The lowest BCUT2D eigenvalue weighted by molar-refractivity contribution is 0.457. The van der Waals surface area contributed by atoms with Crippen molar-refractivity contribution >= 4 is 15.7 Å². The van der Waals surface area contributed by atoms with Crippen LogP contribution in [0.25, 0.3) is 0 Å². The van der Waals surface area contributed by atoms with E-state index in [1.165, 1.54) is 20.0 Å². The Balaban J connectivity index is 2.33. The number of nitrogens with two attached hydrogens (primary N) is 1. The van der Waals surface area contributed by atoms with Crippen molar-refractivity contribution in [2.45, 2.75) is 25.3 Å². The van der Waals surface area contributed by atoms with Crippen molar-refractivity contribution in [3.63, 3.8) is 0 Å². The molecule has 0 unspecified atom stereocenters. The number of nitrogen functional groups attached to an aromatic ring is 1. The van der Waals surface area contributed by atoms with Gasteiger partial charge in [-0.1, -0.05) is 0 Å². The first-order valence-electron chi connectivity index (χ1n) is 6.11. The number of nitrogens with zero attached hydrogens (tertiary/aromatic N) is 3. The average molecular weight is 313 g/mol. The number of rotatable bonds is 4. The van der Waals surface area contributed by atoms with Gasteiger partial charge in [0.1, 0.15) is 11.6 Å². The summed E-state index contributed by atoms with van der Waals surface area (Å²) in [6.07, 6.45) is 0. The second-order valence-corrected chi connectivity index (χ2v) is 6.79. The van der Waals surface area contributed by atoms with Crippen molar-refractivity contribution in [2.24, 2.45) is 0 Å². The molecule has 1 aromatic heterocycles. The summed E-state index contributed by atoms with van der Waals surface area (Å²) in [5.41, 5.74) is 5.46. The number of aromatic nitrogens is 3. The lowest BCUT2D eigenvalue weighted by atomic mass is 10.2. The summed E-state index contributed by atoms with van der Waals surface area (Å²) in [5.74, 6) is 0.337. The number of hydrogen-bond acceptors (Lipinski definition) is 5. The summed E-state index contributed by atoms with van der Waals surface area (Å²) < 4.78 is 39.5. The van der Waals surface area contributed by atoms with E-state index in [4.69, 9.17) is 5.73 Å². The van der Waals surface area contributed by atoms with Crippen LogP contribution < -0.4 is 5.73 Å². The Morgan fingerprint density at radius 1 is 1.38 bits per heavy atom. The van der Waals surface area contributed by atoms with Crippen molar-refractivity contribution in [2.75, 3.05) is 12.8 Å². The third-order valence-corrected chi connectivity index (χ3v) is 4.75. The molecule has 114 valence electrons. The van der Waals surface area contributed by atoms with E-state index in [1.54, 1.807) is 6.92 Å². The van der Waals surface area contributed by atoms with Crippen LogP contribution >= 0.6 is 0 Å². The fourth-order valence-electron chi connectivity index (χ4n) is 1.84. The van der Waals surface area contributed by atoms with E-state index in [1.807, 2.05) is 0 Å². The van der Waals surface area contributed by atoms with Crippen LogP contribution in [0.3, 0.4) is 0 Å². The van der Waals surface area contributed by atoms with Crippen LogP contribution in [0.4, 0.5) is 10.1 Å². The SMILES string of the molecule is Cc1nc(CN(C)S(=O)(=O)c2cc(C)c(F)c(N)c2)n[nH]1. The number of hydrogen-bond donors (Lipinski definition) is 2. The van der Waals surface area contributed by atoms with Crippen molar-refractivity contribution in [1.29, 1.82) is 0 Å². The molecule has 1 heterocycles. The zero-order chi connectivity index (χ0) is 15.8. The zero-order valence-electron chi connectivity index (χ0n) is 11.9. The quantitative estimate of drug-likeness (QED) is 0.818. The standard InChI is InChI=1S/C12H16FN5O2S/c1-7-4-9(5-10(14)12(7)13)21(19,20)18(3)6-11-15-8(2)16-17-11/h4-5H,6,14H2,1-3H3,(H,15,16,17). The minimum atomic E-state index is -3.80. The van der Waals surface area contributed by atoms with Gasteiger partial charge in [-0.25, -0.2) is 17.8 Å². The number of anilines is 1. The monoisotopic (exact) mass is 313 g/mol. The number of halogens is 1. The van der Waals surface area contributed by atoms with Crippen LogP contribution in [0, 0.1) is 19.7 Å². The first-order valence-corrected chi connectivity index (χ1v) is 7.55. The largest absolute Gasteiger partial charge is 0.396 e. The molecule has 9 heteroatoms. The maximum atomic E-state index is 13.5. The minimum absolute atomic E-state index is 0.00298. The predicted molar refractivity (Wildman–Crippen MR) is 75.3 cm³/mol. The molecule has 0 atom stereocenters. The maximum absolute atomic E-state index is 13.5. The van der Waals surface area contributed by atoms with E-state index in [9.17, 15) is 12.8 Å². The van der Waals surface area contributed by atoms with Gasteiger partial charge in [-0.05, 0) is 31.5 Å². The zero-order valence-corrected chi connectivity index (χ0v) is 12.7. The number of nitrogens with one attached hydrogen (secondary N) is 1. The van der Waals surface area contributed by atoms with Gasteiger partial charge in [-0.2, -0.15) is 9.40 Å². The number of aryl methyl sites for hydroxylation is 2. The molecule has 0 aliphatic carbocycles. The molecule has 0 aliphatic rings. The van der Waals surface area contributed by atoms with E-state index in [2.05, 4.69) is 15.2 Å². The second kappa shape index (κ2) is 5.41. The molecule has 0 radical (unpaired) electrons. The van der Waals surface area contributed by atoms with Crippen LogP contribution in [0.15, 0.2) is 17.0 Å². The highest BCUT2D eigenvalue weighted by Gasteiger charge is 2.24. The van der Waals surface area contributed by atoms with Gasteiger partial charge in [0.15, 0.2) is 5.82 Å². The van der Waals surface area contributed by atoms with Gasteiger partial charge in [0.25, 0.3) is 0 Å². The molecule has 7 nitrogen and oxygen atoms in total. The fraction of sp³-hybridized carbons (Fsp3) is 0.333. The highest BCUT2D eigenvalue weighted by Crippen LogP contribution is 2.23. The normalized spacial score (nSPS) is 12.0. The molecule has 0 fully saturated rings. The Morgan fingerprint density at radius 3 is 2.57 bits per heavy atom. The molecule has 1 aromatic carbocycles. The summed E-state index contributed by atoms with van der Waals surface area (Å²) in [6, 6.07) is 2.36. The lowest BCUT2D eigenvalue weighted by Crippen LogP contribution is -2.27. The summed E-state index contributed by atoms with van der Waals surface area (Å²) in [7, 11) is -2.40. The number of benzene rings is 1. The molecule has 0 saturated carbocycles. The van der Waals surface area contributed by atoms with Gasteiger partial charge in [0, 0.05) is 7.05 Å². The number of aromatic amines is 1. The van der Waals surface area contributed by atoms with Crippen LogP contribution in [-0.2, 0) is 16.6 Å². The van der Waals surface area contributed by atoms with Crippen molar-refractivity contribution in [3.8, 4) is 0 Å². The molecule has 2 rings (SSSR count). The van der Waals surface area contributed by atoms with Crippen LogP contribution in [0.5, 0.6) is 0 Å². The van der Waals surface area contributed by atoms with E-state index in [-0.39, 0.29) is 22.7 Å². The topological polar surface area (TPSA) is 105 Å². The third-order valence-electron chi connectivity index (χ3n) is 2.97. The highest BCUT2D eigenvalue weighted by atomic mass is 32.2. The Hall–Kier alpha value is -2.00. The van der Waals surface area contributed by atoms with Gasteiger partial charge in [0.2, 0.25) is 10.0 Å². The minimum Gasteiger partial charge on any atom is -0.396 e. The van der Waals surface area contributed by atoms with E-state index in [0.717, 1.165) is 10.4 Å². The molecule has 0 aliphatic heterocycles. The molecule has 0 bridgehead atoms. The second-order valence-electron chi connectivity index (χ2n) is 4.74. The van der Waals surface area contributed by atoms with Crippen molar-refractivity contribution in [3.05, 3.63) is 35.2 Å². The molecular formula is C12H16FN5O2S. The summed E-state index contributed by atoms with van der Waals surface area (Å²) in [4.78, 5) is 3.99. The number of H-pyrrole nitrogens is 1. The molecular weight excluding hydrogens is 297 g/mol. The lowest BCUT2D eigenvalue weighted by Gasteiger charge is -2.16. The van der Waals surface area contributed by atoms with Crippen LogP contribution in [-0.4, -0.2) is 35.0 Å². The molecule has 3 N–H and O–H groups in total. The van der Waals surface area contributed by atoms with Crippen LogP contribution in [0.1, 0.15) is 17.2 Å². The van der Waals surface area contributed by atoms with E-state index >= 15 is 0 Å². The highest BCUT2D eigenvalue weighted by molar-refractivity contribution is 7.89. The molecule has 0 amide bonds. The van der Waals surface area contributed by atoms with Crippen molar-refractivity contribution < 1.29 is 12.8 Å². The maximum Gasteiger partial charge on any atom is 0.243 e. The first kappa shape index (κ1) is 15.4. The number of sulfonamides is 1. The molecule has 21 heavy (non-hydrogen) atoms. The average Bonchev–Trinajstić information content (AvgIpc) is 2.80. The Kier molecular flexibility index (Phi) is 3.97. The molecule has 0 saturated heterocycles.